The van der Waals surface area contributed by atoms with Crippen LogP contribution in [0.3, 0.4) is 0 Å². The van der Waals surface area contributed by atoms with Crippen molar-refractivity contribution in [2.45, 2.75) is 6.54 Å². The highest BCUT2D eigenvalue weighted by atomic mass is 32.1. The molecule has 0 saturated carbocycles. The van der Waals surface area contributed by atoms with Crippen molar-refractivity contribution >= 4 is 17.6 Å². The number of aldehydes is 1. The normalized spacial score (nSPS) is 10.9. The monoisotopic (exact) mass is 432 g/mol. The van der Waals surface area contributed by atoms with Crippen molar-refractivity contribution in [1.82, 2.24) is 19.3 Å². The van der Waals surface area contributed by atoms with Crippen molar-refractivity contribution in [1.29, 1.82) is 0 Å². The second-order valence-corrected chi connectivity index (χ2v) is 7.04. The first-order valence-electron chi connectivity index (χ1n) is 8.42. The number of nitrogens with zero attached hydrogens (tertiary/aromatic N) is 4. The molecule has 2 aromatic heterocycles. The number of carbonyl (C=O) groups is 1. The predicted molar refractivity (Wildman–Crippen MR) is 101 cm³/mol. The molecule has 30 heavy (non-hydrogen) atoms. The summed E-state index contributed by atoms with van der Waals surface area (Å²) in [6.45, 7) is -0.371. The van der Waals surface area contributed by atoms with Crippen molar-refractivity contribution < 1.29 is 22.7 Å². The molecule has 4 aromatic rings. The number of ether oxygens (including phenoxy) is 1. The Balaban J connectivity index is 1.59. The van der Waals surface area contributed by atoms with E-state index in [9.17, 15) is 22.8 Å². The van der Waals surface area contributed by atoms with Gasteiger partial charge in [0.25, 0.3) is 5.19 Å². The summed E-state index contributed by atoms with van der Waals surface area (Å²) in [5.41, 5.74) is -0.904. The Labute approximate surface area is 170 Å². The fourth-order valence-corrected chi connectivity index (χ4v) is 3.24. The van der Waals surface area contributed by atoms with Gasteiger partial charge < -0.3 is 4.74 Å². The summed E-state index contributed by atoms with van der Waals surface area (Å²) in [5, 5.41) is 3.96. The standard InChI is InChI=1S/C19H11F3N4O3S/c20-14-2-1-3-15(21)13(14)8-25-10-24-26(19(25)28)11-4-5-17(16(22)6-11)29-18-23-7-12(9-27)30-18/h1-7,9-10H,8H2. The van der Waals surface area contributed by atoms with Crippen molar-refractivity contribution in [3.63, 3.8) is 0 Å². The number of hydrogen-bond acceptors (Lipinski definition) is 6. The van der Waals surface area contributed by atoms with Crippen LogP contribution in [0.25, 0.3) is 5.69 Å². The topological polar surface area (TPSA) is 79.0 Å². The van der Waals surface area contributed by atoms with E-state index in [0.717, 1.165) is 45.1 Å². The van der Waals surface area contributed by atoms with E-state index in [1.54, 1.807) is 0 Å². The first kappa shape index (κ1) is 19.6. The highest BCUT2D eigenvalue weighted by Gasteiger charge is 2.15. The van der Waals surface area contributed by atoms with Crippen LogP contribution >= 0.6 is 11.3 Å². The Kier molecular flexibility index (Phi) is 5.19. The molecule has 0 fully saturated rings. The van der Waals surface area contributed by atoms with Crippen molar-refractivity contribution in [2.75, 3.05) is 0 Å². The molecule has 7 nitrogen and oxygen atoms in total. The average Bonchev–Trinajstić information content (AvgIpc) is 3.33. The predicted octanol–water partition coefficient (Wildman–Crippen LogP) is 3.56. The third kappa shape index (κ3) is 3.74. The van der Waals surface area contributed by atoms with E-state index in [0.29, 0.717) is 11.2 Å². The molecule has 2 aromatic carbocycles. The average molecular weight is 432 g/mol. The SMILES string of the molecule is O=Cc1cnc(Oc2ccc(-n3ncn(Cc4c(F)cccc4F)c3=O)cc2F)s1. The third-order valence-corrected chi connectivity index (χ3v) is 4.90. The highest BCUT2D eigenvalue weighted by Crippen LogP contribution is 2.28. The minimum absolute atomic E-state index is 0.0807. The lowest BCUT2D eigenvalue weighted by atomic mass is 10.2. The molecule has 0 spiro atoms. The van der Waals surface area contributed by atoms with Crippen LogP contribution in [0.2, 0.25) is 0 Å². The summed E-state index contributed by atoms with van der Waals surface area (Å²) >= 11 is 0.946. The van der Waals surface area contributed by atoms with E-state index in [4.69, 9.17) is 4.74 Å². The van der Waals surface area contributed by atoms with Gasteiger partial charge in [-0.15, -0.1) is 0 Å². The number of benzene rings is 2. The van der Waals surface area contributed by atoms with Gasteiger partial charge in [-0.3, -0.25) is 9.36 Å². The van der Waals surface area contributed by atoms with E-state index >= 15 is 0 Å². The van der Waals surface area contributed by atoms with E-state index in [-0.39, 0.29) is 28.7 Å². The third-order valence-electron chi connectivity index (χ3n) is 4.10. The molecule has 0 amide bonds. The van der Waals surface area contributed by atoms with Crippen molar-refractivity contribution in [3.05, 3.63) is 87.3 Å². The second kappa shape index (κ2) is 7.95. The lowest BCUT2D eigenvalue weighted by molar-refractivity contribution is 0.112. The fourth-order valence-electron chi connectivity index (χ4n) is 2.64. The number of halogens is 3. The Morgan fingerprint density at radius 1 is 1.10 bits per heavy atom. The van der Waals surface area contributed by atoms with Gasteiger partial charge >= 0.3 is 5.69 Å². The van der Waals surface area contributed by atoms with Crippen molar-refractivity contribution in [2.24, 2.45) is 0 Å². The van der Waals surface area contributed by atoms with Gasteiger partial charge in [-0.1, -0.05) is 17.4 Å². The van der Waals surface area contributed by atoms with Gasteiger partial charge in [-0.2, -0.15) is 9.78 Å². The molecule has 0 bridgehead atoms. The smallest absolute Gasteiger partial charge is 0.350 e. The summed E-state index contributed by atoms with van der Waals surface area (Å²) in [4.78, 5) is 27.4. The van der Waals surface area contributed by atoms with Crippen LogP contribution in [0.4, 0.5) is 13.2 Å². The van der Waals surface area contributed by atoms with Gasteiger partial charge in [0.1, 0.15) is 18.0 Å². The van der Waals surface area contributed by atoms with Gasteiger partial charge in [-0.25, -0.2) is 22.9 Å². The first-order valence-corrected chi connectivity index (χ1v) is 9.24. The Bertz CT molecular complexity index is 1280. The molecule has 4 rings (SSSR count). The van der Waals surface area contributed by atoms with Crippen LogP contribution in [-0.4, -0.2) is 25.6 Å². The number of aromatic nitrogens is 4. The molecule has 0 unspecified atom stereocenters. The number of rotatable bonds is 6. The Hall–Kier alpha value is -3.73. The minimum Gasteiger partial charge on any atom is -0.428 e. The van der Waals surface area contributed by atoms with Gasteiger partial charge in [0.2, 0.25) is 0 Å². The second-order valence-electron chi connectivity index (χ2n) is 6.02. The Morgan fingerprint density at radius 3 is 2.53 bits per heavy atom. The van der Waals surface area contributed by atoms with Crippen LogP contribution in [-0.2, 0) is 6.54 Å². The molecule has 0 aliphatic heterocycles. The largest absolute Gasteiger partial charge is 0.428 e. The zero-order valence-corrected chi connectivity index (χ0v) is 15.8. The molecule has 2 heterocycles. The van der Waals surface area contributed by atoms with Gasteiger partial charge in [0.05, 0.1) is 23.3 Å². The Morgan fingerprint density at radius 2 is 1.87 bits per heavy atom. The van der Waals surface area contributed by atoms with Gasteiger partial charge in [0, 0.05) is 11.6 Å². The summed E-state index contributed by atoms with van der Waals surface area (Å²) in [6.07, 6.45) is 3.00. The summed E-state index contributed by atoms with van der Waals surface area (Å²) < 4.78 is 49.3. The maximum absolute atomic E-state index is 14.4. The fraction of sp³-hybridized carbons (Fsp3) is 0.0526. The number of hydrogen-bond donors (Lipinski definition) is 0. The van der Waals surface area contributed by atoms with Crippen LogP contribution in [0.5, 0.6) is 10.9 Å². The van der Waals surface area contributed by atoms with E-state index in [1.165, 1.54) is 24.4 Å². The maximum atomic E-state index is 14.4. The summed E-state index contributed by atoms with van der Waals surface area (Å²) in [7, 11) is 0. The molecule has 0 N–H and O–H groups in total. The molecule has 0 aliphatic carbocycles. The van der Waals surface area contributed by atoms with Crippen LogP contribution in [0.15, 0.2) is 53.7 Å². The number of thiazole rings is 1. The molecule has 0 aliphatic rings. The quantitative estimate of drug-likeness (QED) is 0.436. The highest BCUT2D eigenvalue weighted by molar-refractivity contribution is 7.15. The zero-order valence-electron chi connectivity index (χ0n) is 15.0. The van der Waals surface area contributed by atoms with Crippen LogP contribution < -0.4 is 10.4 Å². The lowest BCUT2D eigenvalue weighted by Crippen LogP contribution is -2.24. The van der Waals surface area contributed by atoms with Crippen LogP contribution in [0, 0.1) is 17.5 Å². The van der Waals surface area contributed by atoms with Gasteiger partial charge in [-0.05, 0) is 24.3 Å². The lowest BCUT2D eigenvalue weighted by Gasteiger charge is -2.06. The molecule has 152 valence electrons. The zero-order chi connectivity index (χ0) is 21.3. The molecule has 0 saturated heterocycles. The maximum Gasteiger partial charge on any atom is 0.350 e. The first-order chi connectivity index (χ1) is 14.5. The minimum atomic E-state index is -0.794. The molecule has 11 heteroatoms. The number of carbonyl (C=O) groups excluding carboxylic acids is 1. The van der Waals surface area contributed by atoms with Gasteiger partial charge in [0.15, 0.2) is 17.9 Å². The van der Waals surface area contributed by atoms with E-state index in [1.807, 2.05) is 0 Å². The molecule has 0 atom stereocenters. The summed E-state index contributed by atoms with van der Waals surface area (Å²) in [5.74, 6) is -2.53. The molecular formula is C19H11F3N4O3S. The summed E-state index contributed by atoms with van der Waals surface area (Å²) in [6, 6.07) is 7.07. The van der Waals surface area contributed by atoms with E-state index in [2.05, 4.69) is 10.1 Å². The van der Waals surface area contributed by atoms with Crippen molar-refractivity contribution in [3.8, 4) is 16.6 Å². The molecular weight excluding hydrogens is 421 g/mol. The van der Waals surface area contributed by atoms with E-state index < -0.39 is 23.1 Å². The van der Waals surface area contributed by atoms with Crippen LogP contribution in [0.1, 0.15) is 15.2 Å². The molecule has 0 radical (unpaired) electrons.